The van der Waals surface area contributed by atoms with Gasteiger partial charge in [0, 0.05) is 16.7 Å². The van der Waals surface area contributed by atoms with Gasteiger partial charge in [-0.25, -0.2) is 0 Å². The highest BCUT2D eigenvalue weighted by molar-refractivity contribution is 14.1. The summed E-state index contributed by atoms with van der Waals surface area (Å²) in [5.41, 5.74) is 2.42. The smallest absolute Gasteiger partial charge is 0.257 e. The minimum Gasteiger partial charge on any atom is -0.370 e. The molecule has 5 heteroatoms. The number of benzene rings is 2. The first-order chi connectivity index (χ1) is 10.6. The molecule has 1 fully saturated rings. The quantitative estimate of drug-likeness (QED) is 0.715. The second-order valence-electron chi connectivity index (χ2n) is 5.29. The van der Waals surface area contributed by atoms with E-state index in [0.29, 0.717) is 10.6 Å². The fourth-order valence-corrected chi connectivity index (χ4v) is 3.37. The molecule has 1 aliphatic rings. The SMILES string of the molecule is O=C(Nc1ccccc1N1CCCC1)c1cc(I)ccc1Cl. The van der Waals surface area contributed by atoms with Crippen molar-refractivity contribution in [2.45, 2.75) is 12.8 Å². The number of carbonyl (C=O) groups is 1. The minimum atomic E-state index is -0.171. The molecule has 0 spiro atoms. The Labute approximate surface area is 148 Å². The van der Waals surface area contributed by atoms with E-state index in [4.69, 9.17) is 11.6 Å². The fourth-order valence-electron chi connectivity index (χ4n) is 2.67. The van der Waals surface area contributed by atoms with Gasteiger partial charge in [-0.05, 0) is 65.8 Å². The van der Waals surface area contributed by atoms with E-state index < -0.39 is 0 Å². The highest BCUT2D eigenvalue weighted by atomic mass is 127. The molecule has 1 aliphatic heterocycles. The molecule has 22 heavy (non-hydrogen) atoms. The van der Waals surface area contributed by atoms with Gasteiger partial charge in [-0.2, -0.15) is 0 Å². The molecule has 0 radical (unpaired) electrons. The predicted octanol–water partition coefficient (Wildman–Crippen LogP) is 4.80. The molecule has 3 rings (SSSR count). The van der Waals surface area contributed by atoms with Crippen molar-refractivity contribution in [1.82, 2.24) is 0 Å². The molecule has 114 valence electrons. The second kappa shape index (κ2) is 6.87. The lowest BCUT2D eigenvalue weighted by molar-refractivity contribution is 0.102. The van der Waals surface area contributed by atoms with Crippen molar-refractivity contribution in [3.63, 3.8) is 0 Å². The molecule has 0 atom stereocenters. The highest BCUT2D eigenvalue weighted by Gasteiger charge is 2.18. The molecular formula is C17H16ClIN2O. The summed E-state index contributed by atoms with van der Waals surface area (Å²) in [7, 11) is 0. The van der Waals surface area contributed by atoms with Crippen LogP contribution in [0.15, 0.2) is 42.5 Å². The van der Waals surface area contributed by atoms with E-state index in [1.165, 1.54) is 12.8 Å². The van der Waals surface area contributed by atoms with Crippen LogP contribution < -0.4 is 10.2 Å². The zero-order chi connectivity index (χ0) is 15.5. The minimum absolute atomic E-state index is 0.171. The number of carbonyl (C=O) groups excluding carboxylic acids is 1. The maximum absolute atomic E-state index is 12.5. The monoisotopic (exact) mass is 426 g/mol. The third-order valence-corrected chi connectivity index (χ3v) is 4.77. The van der Waals surface area contributed by atoms with Gasteiger partial charge >= 0.3 is 0 Å². The van der Waals surface area contributed by atoms with Crippen molar-refractivity contribution in [3.8, 4) is 0 Å². The third-order valence-electron chi connectivity index (χ3n) is 3.77. The van der Waals surface area contributed by atoms with E-state index in [1.807, 2.05) is 24.3 Å². The van der Waals surface area contributed by atoms with Crippen LogP contribution in [0.2, 0.25) is 5.02 Å². The second-order valence-corrected chi connectivity index (χ2v) is 6.94. The van der Waals surface area contributed by atoms with E-state index in [9.17, 15) is 4.79 Å². The number of para-hydroxylation sites is 2. The molecule has 0 aromatic heterocycles. The van der Waals surface area contributed by atoms with Crippen LogP contribution in [0.3, 0.4) is 0 Å². The lowest BCUT2D eigenvalue weighted by Gasteiger charge is -2.21. The summed E-state index contributed by atoms with van der Waals surface area (Å²) in [6, 6.07) is 13.4. The maximum Gasteiger partial charge on any atom is 0.257 e. The Hall–Kier alpha value is -1.27. The molecule has 0 aliphatic carbocycles. The molecule has 0 unspecified atom stereocenters. The zero-order valence-electron chi connectivity index (χ0n) is 12.0. The third kappa shape index (κ3) is 3.38. The summed E-state index contributed by atoms with van der Waals surface area (Å²) in [6.07, 6.45) is 2.40. The topological polar surface area (TPSA) is 32.3 Å². The Kier molecular flexibility index (Phi) is 4.88. The van der Waals surface area contributed by atoms with Crippen LogP contribution in [0, 0.1) is 3.57 Å². The normalized spacial score (nSPS) is 14.2. The number of nitrogens with one attached hydrogen (secondary N) is 1. The largest absolute Gasteiger partial charge is 0.370 e. The van der Waals surface area contributed by atoms with Gasteiger partial charge in [0.05, 0.1) is 22.0 Å². The van der Waals surface area contributed by atoms with E-state index in [-0.39, 0.29) is 5.91 Å². The van der Waals surface area contributed by atoms with Crippen molar-refractivity contribution in [3.05, 3.63) is 56.6 Å². The van der Waals surface area contributed by atoms with Crippen LogP contribution in [0.4, 0.5) is 11.4 Å². The molecule has 1 amide bonds. The Morgan fingerprint density at radius 3 is 2.64 bits per heavy atom. The summed E-state index contributed by atoms with van der Waals surface area (Å²) >= 11 is 8.33. The van der Waals surface area contributed by atoms with Crippen molar-refractivity contribution < 1.29 is 4.79 Å². The Morgan fingerprint density at radius 1 is 1.14 bits per heavy atom. The van der Waals surface area contributed by atoms with Crippen LogP contribution >= 0.6 is 34.2 Å². The summed E-state index contributed by atoms with van der Waals surface area (Å²) < 4.78 is 0.986. The van der Waals surface area contributed by atoms with Crippen molar-refractivity contribution >= 4 is 51.5 Å². The van der Waals surface area contributed by atoms with Gasteiger partial charge in [0.1, 0.15) is 0 Å². The molecule has 3 nitrogen and oxygen atoms in total. The number of hydrogen-bond acceptors (Lipinski definition) is 2. The van der Waals surface area contributed by atoms with Gasteiger partial charge in [-0.15, -0.1) is 0 Å². The number of anilines is 2. The van der Waals surface area contributed by atoms with Crippen LogP contribution in [0.5, 0.6) is 0 Å². The highest BCUT2D eigenvalue weighted by Crippen LogP contribution is 2.29. The Bertz CT molecular complexity index is 699. The first kappa shape index (κ1) is 15.6. The van der Waals surface area contributed by atoms with E-state index >= 15 is 0 Å². The number of rotatable bonds is 3. The molecule has 1 saturated heterocycles. The lowest BCUT2D eigenvalue weighted by Crippen LogP contribution is -2.21. The van der Waals surface area contributed by atoms with Crippen molar-refractivity contribution in [2.24, 2.45) is 0 Å². The molecular weight excluding hydrogens is 411 g/mol. The Morgan fingerprint density at radius 2 is 1.86 bits per heavy atom. The summed E-state index contributed by atoms with van der Waals surface area (Å²) in [5.74, 6) is -0.171. The zero-order valence-corrected chi connectivity index (χ0v) is 14.9. The maximum atomic E-state index is 12.5. The lowest BCUT2D eigenvalue weighted by atomic mass is 10.2. The van der Waals surface area contributed by atoms with Gasteiger partial charge in [0.25, 0.3) is 5.91 Å². The standard InChI is InChI=1S/C17H16ClIN2O/c18-14-8-7-12(19)11-13(14)17(22)20-15-5-1-2-6-16(15)21-9-3-4-10-21/h1-2,5-8,11H,3-4,9-10H2,(H,20,22). The summed E-state index contributed by atoms with van der Waals surface area (Å²) in [4.78, 5) is 14.8. The summed E-state index contributed by atoms with van der Waals surface area (Å²) in [5, 5.41) is 3.47. The molecule has 1 heterocycles. The van der Waals surface area contributed by atoms with Gasteiger partial charge in [0.15, 0.2) is 0 Å². The van der Waals surface area contributed by atoms with Gasteiger partial charge < -0.3 is 10.2 Å². The van der Waals surface area contributed by atoms with Crippen molar-refractivity contribution in [1.29, 1.82) is 0 Å². The van der Waals surface area contributed by atoms with E-state index in [0.717, 1.165) is 28.0 Å². The number of amides is 1. The molecule has 2 aromatic rings. The van der Waals surface area contributed by atoms with E-state index in [2.05, 4.69) is 38.9 Å². The number of nitrogens with zero attached hydrogens (tertiary/aromatic N) is 1. The Balaban J connectivity index is 1.86. The van der Waals surface area contributed by atoms with Gasteiger partial charge in [-0.3, -0.25) is 4.79 Å². The van der Waals surface area contributed by atoms with E-state index in [1.54, 1.807) is 12.1 Å². The molecule has 0 saturated carbocycles. The van der Waals surface area contributed by atoms with Crippen LogP contribution in [-0.2, 0) is 0 Å². The van der Waals surface area contributed by atoms with Gasteiger partial charge in [0.2, 0.25) is 0 Å². The first-order valence-corrected chi connectivity index (χ1v) is 8.71. The van der Waals surface area contributed by atoms with Gasteiger partial charge in [-0.1, -0.05) is 23.7 Å². The van der Waals surface area contributed by atoms with Crippen LogP contribution in [0.1, 0.15) is 23.2 Å². The fraction of sp³-hybridized carbons (Fsp3) is 0.235. The van der Waals surface area contributed by atoms with Crippen LogP contribution in [0.25, 0.3) is 0 Å². The van der Waals surface area contributed by atoms with Crippen molar-refractivity contribution in [2.75, 3.05) is 23.3 Å². The number of halogens is 2. The number of hydrogen-bond donors (Lipinski definition) is 1. The molecule has 1 N–H and O–H groups in total. The first-order valence-electron chi connectivity index (χ1n) is 7.25. The average molecular weight is 427 g/mol. The molecule has 2 aromatic carbocycles. The average Bonchev–Trinajstić information content (AvgIpc) is 3.04. The summed E-state index contributed by atoms with van der Waals surface area (Å²) in [6.45, 7) is 2.08. The van der Waals surface area contributed by atoms with Crippen LogP contribution in [-0.4, -0.2) is 19.0 Å². The molecule has 0 bridgehead atoms. The predicted molar refractivity (Wildman–Crippen MR) is 100 cm³/mol.